The highest BCUT2D eigenvalue weighted by Gasteiger charge is 2.46. The van der Waals surface area contributed by atoms with Crippen molar-refractivity contribution in [3.8, 4) is 5.75 Å². The average Bonchev–Trinajstić information content (AvgIpc) is 2.74. The normalized spacial score (nSPS) is 29.0. The molecule has 7 N–H and O–H groups in total. The van der Waals surface area contributed by atoms with Gasteiger partial charge in [0.05, 0.1) is 11.5 Å². The number of ether oxygens (including phenoxy) is 2. The van der Waals surface area contributed by atoms with Crippen LogP contribution in [0, 0.1) is 10.1 Å². The lowest BCUT2D eigenvalue weighted by Crippen LogP contribution is -2.60. The van der Waals surface area contributed by atoms with Gasteiger partial charge in [0, 0.05) is 12.1 Å². The van der Waals surface area contributed by atoms with Gasteiger partial charge in [-0.3, -0.25) is 14.6 Å². The summed E-state index contributed by atoms with van der Waals surface area (Å²) in [6, 6.07) is 5.72. The fourth-order valence-electron chi connectivity index (χ4n) is 3.29. The van der Waals surface area contributed by atoms with Crippen LogP contribution in [0.1, 0.15) is 32.1 Å². The lowest BCUT2D eigenvalue weighted by atomic mass is 9.97. The van der Waals surface area contributed by atoms with Gasteiger partial charge in [-0.2, -0.15) is 0 Å². The largest absolute Gasteiger partial charge is 0.469 e. The van der Waals surface area contributed by atoms with Crippen LogP contribution in [0.4, 0.5) is 5.69 Å². The van der Waals surface area contributed by atoms with Crippen molar-refractivity contribution in [3.63, 3.8) is 0 Å². The van der Waals surface area contributed by atoms with Crippen molar-refractivity contribution in [1.82, 2.24) is 0 Å². The Bertz CT molecular complexity index is 786. The zero-order valence-corrected chi connectivity index (χ0v) is 18.1. The van der Waals surface area contributed by atoms with E-state index >= 15 is 0 Å². The van der Waals surface area contributed by atoms with E-state index in [1.807, 2.05) is 0 Å². The molecule has 2 fully saturated rings. The first-order valence-corrected chi connectivity index (χ1v) is 11.6. The number of phosphoric ester groups is 1. The Balaban J connectivity index is 0.000000439. The molecule has 1 heterocycles. The van der Waals surface area contributed by atoms with Gasteiger partial charge in [-0.25, -0.2) is 4.57 Å². The number of hydrogen-bond donors (Lipinski definition) is 6. The molecule has 13 nitrogen and oxygen atoms in total. The number of nitro benzene ring substituents is 1. The Labute approximate surface area is 184 Å². The Hall–Kier alpha value is -1.67. The summed E-state index contributed by atoms with van der Waals surface area (Å²) >= 11 is 0. The van der Waals surface area contributed by atoms with E-state index in [4.69, 9.17) is 25.0 Å². The van der Waals surface area contributed by atoms with Crippen LogP contribution >= 0.6 is 7.82 Å². The van der Waals surface area contributed by atoms with E-state index < -0.39 is 55.7 Å². The van der Waals surface area contributed by atoms with Crippen molar-refractivity contribution in [3.05, 3.63) is 34.4 Å². The Morgan fingerprint density at radius 3 is 2.25 bits per heavy atom. The second-order valence-electron chi connectivity index (χ2n) is 7.54. The first-order valence-electron chi connectivity index (χ1n) is 10.0. The van der Waals surface area contributed by atoms with Gasteiger partial charge in [-0.1, -0.05) is 31.4 Å². The van der Waals surface area contributed by atoms with Crippen LogP contribution in [0.25, 0.3) is 0 Å². The molecule has 32 heavy (non-hydrogen) atoms. The minimum Gasteiger partial charge on any atom is -0.455 e. The van der Waals surface area contributed by atoms with E-state index in [1.165, 1.54) is 50.3 Å². The fraction of sp³-hybridized carbons (Fsp3) is 0.667. The van der Waals surface area contributed by atoms with Gasteiger partial charge < -0.3 is 40.3 Å². The van der Waals surface area contributed by atoms with E-state index in [1.54, 1.807) is 0 Å². The van der Waals surface area contributed by atoms with Crippen LogP contribution in [-0.4, -0.2) is 73.4 Å². The molecular weight excluding hydrogens is 451 g/mol. The number of nitrogens with zero attached hydrogens (tertiary/aromatic N) is 1. The molecule has 0 amide bonds. The van der Waals surface area contributed by atoms with Crippen LogP contribution < -0.4 is 10.5 Å². The summed E-state index contributed by atoms with van der Waals surface area (Å²) in [7, 11) is -4.87. The SMILES string of the molecule is NC1CCCCC1.O=[N+]([O-])c1ccccc1O[C@@H]1OC(COP(=O)(O)O)[C@H](O)[C@@H](O)C1O. The van der Waals surface area contributed by atoms with Gasteiger partial charge >= 0.3 is 13.5 Å². The van der Waals surface area contributed by atoms with Crippen molar-refractivity contribution in [2.45, 2.75) is 68.9 Å². The number of aliphatic hydroxyl groups is 3. The molecule has 1 aromatic carbocycles. The van der Waals surface area contributed by atoms with E-state index in [9.17, 15) is 30.0 Å². The zero-order valence-electron chi connectivity index (χ0n) is 17.2. The summed E-state index contributed by atoms with van der Waals surface area (Å²) in [4.78, 5) is 27.6. The Kier molecular flexibility index (Phi) is 9.95. The quantitative estimate of drug-likeness (QED) is 0.182. The van der Waals surface area contributed by atoms with Gasteiger partial charge in [-0.05, 0) is 18.9 Å². The van der Waals surface area contributed by atoms with Crippen molar-refractivity contribution in [1.29, 1.82) is 0 Å². The minimum absolute atomic E-state index is 0.269. The van der Waals surface area contributed by atoms with Crippen molar-refractivity contribution >= 4 is 13.5 Å². The summed E-state index contributed by atoms with van der Waals surface area (Å²) in [6.45, 7) is -0.814. The molecule has 0 radical (unpaired) electrons. The van der Waals surface area contributed by atoms with E-state index in [0.29, 0.717) is 6.04 Å². The number of nitro groups is 1. The molecule has 0 aromatic heterocycles. The maximum absolute atomic E-state index is 11.0. The molecule has 1 aliphatic heterocycles. The molecule has 182 valence electrons. The second-order valence-corrected chi connectivity index (χ2v) is 8.78. The van der Waals surface area contributed by atoms with Gasteiger partial charge in [0.1, 0.15) is 24.4 Å². The Morgan fingerprint density at radius 1 is 1.09 bits per heavy atom. The van der Waals surface area contributed by atoms with E-state index in [2.05, 4.69) is 4.52 Å². The highest BCUT2D eigenvalue weighted by atomic mass is 31.2. The Morgan fingerprint density at radius 2 is 1.72 bits per heavy atom. The summed E-state index contributed by atoms with van der Waals surface area (Å²) in [5.74, 6) is -0.269. The molecule has 0 bridgehead atoms. The minimum atomic E-state index is -4.87. The monoisotopic (exact) mass is 480 g/mol. The number of nitrogens with two attached hydrogens (primary N) is 1. The molecule has 0 spiro atoms. The zero-order chi connectivity index (χ0) is 23.9. The molecule has 14 heteroatoms. The molecule has 1 aromatic rings. The van der Waals surface area contributed by atoms with Crippen LogP contribution in [0.2, 0.25) is 0 Å². The number of phosphoric acid groups is 1. The van der Waals surface area contributed by atoms with E-state index in [0.717, 1.165) is 6.07 Å². The number of para-hydroxylation sites is 2. The molecule has 2 aliphatic rings. The first kappa shape index (κ1) is 26.6. The lowest BCUT2D eigenvalue weighted by Gasteiger charge is -2.39. The third kappa shape index (κ3) is 8.03. The predicted molar refractivity (Wildman–Crippen MR) is 109 cm³/mol. The third-order valence-corrected chi connectivity index (χ3v) is 5.52. The molecule has 3 rings (SSSR count). The highest BCUT2D eigenvalue weighted by molar-refractivity contribution is 7.46. The first-order chi connectivity index (χ1) is 15.0. The smallest absolute Gasteiger partial charge is 0.455 e. The maximum atomic E-state index is 11.0. The molecule has 2 unspecified atom stereocenters. The molecular formula is C18H29N2O11P. The van der Waals surface area contributed by atoms with E-state index in [-0.39, 0.29) is 5.75 Å². The number of benzene rings is 1. The van der Waals surface area contributed by atoms with Crippen molar-refractivity contribution in [2.75, 3.05) is 6.61 Å². The molecule has 1 saturated heterocycles. The number of rotatable bonds is 6. The topological polar surface area (TPSA) is 215 Å². The van der Waals surface area contributed by atoms with Crippen LogP contribution in [0.15, 0.2) is 24.3 Å². The maximum Gasteiger partial charge on any atom is 0.469 e. The van der Waals surface area contributed by atoms with Crippen molar-refractivity contribution < 1.29 is 48.6 Å². The summed E-state index contributed by atoms with van der Waals surface area (Å²) < 4.78 is 25.3. The summed E-state index contributed by atoms with van der Waals surface area (Å²) in [5.41, 5.74) is 5.21. The number of hydrogen-bond acceptors (Lipinski definition) is 10. The fourth-order valence-corrected chi connectivity index (χ4v) is 3.63. The lowest BCUT2D eigenvalue weighted by molar-refractivity contribution is -0.387. The van der Waals surface area contributed by atoms with Gasteiger partial charge in [-0.15, -0.1) is 0 Å². The standard InChI is InChI=1S/C12H16NO11P.C6H13N/c14-9-8(5-22-25(19,20)21)24-12(11(16)10(9)15)23-7-4-2-1-3-6(7)13(17)18;7-6-4-2-1-3-5-6/h1-4,8-12,14-16H,5H2,(H2,19,20,21);6H,1-5,7H2/t8?,9-,10+,11?,12+;/m0./s1. The van der Waals surface area contributed by atoms with Gasteiger partial charge in [0.2, 0.25) is 6.29 Å². The van der Waals surface area contributed by atoms with Crippen LogP contribution in [0.3, 0.4) is 0 Å². The summed E-state index contributed by atoms with van der Waals surface area (Å²) in [5, 5.41) is 40.5. The van der Waals surface area contributed by atoms with Crippen LogP contribution in [-0.2, 0) is 13.8 Å². The average molecular weight is 480 g/mol. The third-order valence-electron chi connectivity index (χ3n) is 5.03. The van der Waals surface area contributed by atoms with Gasteiger partial charge in [0.15, 0.2) is 5.75 Å². The molecule has 1 aliphatic carbocycles. The molecule has 5 atom stereocenters. The number of aliphatic hydroxyl groups excluding tert-OH is 3. The second kappa shape index (κ2) is 12.0. The highest BCUT2D eigenvalue weighted by Crippen LogP contribution is 2.37. The van der Waals surface area contributed by atoms with Crippen molar-refractivity contribution in [2.24, 2.45) is 5.73 Å². The van der Waals surface area contributed by atoms with Crippen LogP contribution in [0.5, 0.6) is 5.75 Å². The molecule has 1 saturated carbocycles. The summed E-state index contributed by atoms with van der Waals surface area (Å²) in [6.07, 6.45) is -1.75. The predicted octanol–water partition coefficient (Wildman–Crippen LogP) is 0.168. The van der Waals surface area contributed by atoms with Gasteiger partial charge in [0.25, 0.3) is 0 Å².